The van der Waals surface area contributed by atoms with Crippen molar-refractivity contribution in [1.29, 1.82) is 0 Å². The van der Waals surface area contributed by atoms with Crippen LogP contribution in [0, 0.1) is 0 Å². The highest BCUT2D eigenvalue weighted by Gasteiger charge is 2.26. The van der Waals surface area contributed by atoms with Crippen molar-refractivity contribution in [2.45, 2.75) is 51.3 Å². The van der Waals surface area contributed by atoms with Crippen LogP contribution in [-0.2, 0) is 21.0 Å². The summed E-state index contributed by atoms with van der Waals surface area (Å²) in [4.78, 5) is 17.4. The maximum atomic E-state index is 11.8. The molecule has 1 aliphatic heterocycles. The average Bonchev–Trinajstić information content (AvgIpc) is 2.56. The quantitative estimate of drug-likeness (QED) is 0.438. The highest BCUT2D eigenvalue weighted by atomic mass is 16.6. The molecule has 0 saturated carbocycles. The number of hydrogen-bond acceptors (Lipinski definition) is 5. The van der Waals surface area contributed by atoms with Gasteiger partial charge in [0, 0.05) is 12.6 Å². The van der Waals surface area contributed by atoms with Gasteiger partial charge in [0.25, 0.3) is 0 Å². The monoisotopic (exact) mass is 306 g/mol. The van der Waals surface area contributed by atoms with Crippen LogP contribution in [0.15, 0.2) is 30.3 Å². The SMILES string of the molecule is CCCCOC(=O)[C@@H]1CC[C@@H](NOCc2ccccc2)CN1. The van der Waals surface area contributed by atoms with E-state index in [1.54, 1.807) is 0 Å². The molecule has 5 nitrogen and oxygen atoms in total. The van der Waals surface area contributed by atoms with Crippen molar-refractivity contribution in [2.24, 2.45) is 0 Å². The Balaban J connectivity index is 1.59. The lowest BCUT2D eigenvalue weighted by molar-refractivity contribution is -0.147. The molecule has 1 fully saturated rings. The van der Waals surface area contributed by atoms with Gasteiger partial charge in [0.1, 0.15) is 6.04 Å². The van der Waals surface area contributed by atoms with E-state index in [1.165, 1.54) is 0 Å². The van der Waals surface area contributed by atoms with Gasteiger partial charge in [-0.2, -0.15) is 5.48 Å². The Hall–Kier alpha value is -1.43. The van der Waals surface area contributed by atoms with Gasteiger partial charge in [0.05, 0.1) is 13.2 Å². The number of unbranched alkanes of at least 4 members (excludes halogenated alkanes) is 1. The van der Waals surface area contributed by atoms with Gasteiger partial charge < -0.3 is 10.1 Å². The minimum absolute atomic E-state index is 0.128. The summed E-state index contributed by atoms with van der Waals surface area (Å²) in [5.74, 6) is -0.128. The minimum atomic E-state index is -0.177. The Labute approximate surface area is 132 Å². The Bertz CT molecular complexity index is 431. The molecule has 1 aromatic rings. The molecule has 0 aromatic heterocycles. The normalized spacial score (nSPS) is 21.5. The highest BCUT2D eigenvalue weighted by molar-refractivity contribution is 5.75. The van der Waals surface area contributed by atoms with E-state index >= 15 is 0 Å². The molecule has 2 N–H and O–H groups in total. The number of carbonyl (C=O) groups is 1. The summed E-state index contributed by atoms with van der Waals surface area (Å²) in [5.41, 5.74) is 4.20. The first-order valence-corrected chi connectivity index (χ1v) is 8.11. The molecule has 2 rings (SSSR count). The lowest BCUT2D eigenvalue weighted by atomic mass is 10.0. The fourth-order valence-electron chi connectivity index (χ4n) is 2.39. The molecule has 2 atom stereocenters. The number of esters is 1. The molecule has 1 saturated heterocycles. The molecule has 0 aliphatic carbocycles. The second-order valence-electron chi connectivity index (χ2n) is 5.65. The van der Waals surface area contributed by atoms with E-state index in [2.05, 4.69) is 17.7 Å². The third-order valence-electron chi connectivity index (χ3n) is 3.77. The Morgan fingerprint density at radius 2 is 2.14 bits per heavy atom. The lowest BCUT2D eigenvalue weighted by Gasteiger charge is -2.28. The highest BCUT2D eigenvalue weighted by Crippen LogP contribution is 2.10. The summed E-state index contributed by atoms with van der Waals surface area (Å²) < 4.78 is 5.24. The molecule has 0 spiro atoms. The summed E-state index contributed by atoms with van der Waals surface area (Å²) in [6, 6.07) is 10.1. The molecule has 1 aromatic carbocycles. The fourth-order valence-corrected chi connectivity index (χ4v) is 2.39. The van der Waals surface area contributed by atoms with Gasteiger partial charge in [-0.1, -0.05) is 43.7 Å². The number of benzene rings is 1. The van der Waals surface area contributed by atoms with Crippen molar-refractivity contribution in [1.82, 2.24) is 10.8 Å². The van der Waals surface area contributed by atoms with Gasteiger partial charge in [-0.25, -0.2) is 0 Å². The van der Waals surface area contributed by atoms with Crippen LogP contribution in [0.1, 0.15) is 38.2 Å². The van der Waals surface area contributed by atoms with Crippen LogP contribution >= 0.6 is 0 Å². The van der Waals surface area contributed by atoms with Crippen LogP contribution in [0.2, 0.25) is 0 Å². The first-order chi connectivity index (χ1) is 10.8. The van der Waals surface area contributed by atoms with Crippen LogP contribution in [-0.4, -0.2) is 31.2 Å². The number of hydrogen-bond donors (Lipinski definition) is 2. The van der Waals surface area contributed by atoms with Crippen LogP contribution in [0.5, 0.6) is 0 Å². The third-order valence-corrected chi connectivity index (χ3v) is 3.77. The second kappa shape index (κ2) is 9.56. The minimum Gasteiger partial charge on any atom is -0.465 e. The molecule has 0 bridgehead atoms. The molecular formula is C17H26N2O3. The van der Waals surface area contributed by atoms with Crippen molar-refractivity contribution >= 4 is 5.97 Å². The van der Waals surface area contributed by atoms with Gasteiger partial charge in [-0.15, -0.1) is 0 Å². The molecule has 22 heavy (non-hydrogen) atoms. The van der Waals surface area contributed by atoms with E-state index in [1.807, 2.05) is 30.3 Å². The van der Waals surface area contributed by atoms with Gasteiger partial charge in [-0.3, -0.25) is 9.63 Å². The van der Waals surface area contributed by atoms with E-state index in [0.29, 0.717) is 19.8 Å². The predicted octanol–water partition coefficient (Wildman–Crippen LogP) is 2.17. The van der Waals surface area contributed by atoms with Gasteiger partial charge in [0.15, 0.2) is 0 Å². The van der Waals surface area contributed by atoms with Gasteiger partial charge >= 0.3 is 5.97 Å². The van der Waals surface area contributed by atoms with Gasteiger partial charge in [-0.05, 0) is 24.8 Å². The zero-order valence-corrected chi connectivity index (χ0v) is 13.2. The van der Waals surface area contributed by atoms with Crippen LogP contribution in [0.25, 0.3) is 0 Å². The van der Waals surface area contributed by atoms with Crippen LogP contribution in [0.3, 0.4) is 0 Å². The van der Waals surface area contributed by atoms with E-state index in [4.69, 9.17) is 9.57 Å². The van der Waals surface area contributed by atoms with Crippen molar-refractivity contribution in [3.63, 3.8) is 0 Å². The maximum absolute atomic E-state index is 11.8. The van der Waals surface area contributed by atoms with Crippen LogP contribution < -0.4 is 10.8 Å². The van der Waals surface area contributed by atoms with E-state index in [0.717, 1.165) is 31.2 Å². The lowest BCUT2D eigenvalue weighted by Crippen LogP contribution is -2.51. The molecule has 122 valence electrons. The van der Waals surface area contributed by atoms with Crippen molar-refractivity contribution in [3.8, 4) is 0 Å². The third kappa shape index (κ3) is 5.75. The smallest absolute Gasteiger partial charge is 0.323 e. The Morgan fingerprint density at radius 1 is 1.32 bits per heavy atom. The van der Waals surface area contributed by atoms with Crippen LogP contribution in [0.4, 0.5) is 0 Å². The standard InChI is InChI=1S/C17H26N2O3/c1-2-3-11-21-17(20)16-10-9-15(12-18-16)19-22-13-14-7-5-4-6-8-14/h4-8,15-16,18-19H,2-3,9-13H2,1H3/t15-,16+/m1/s1. The maximum Gasteiger partial charge on any atom is 0.323 e. The topological polar surface area (TPSA) is 59.6 Å². The summed E-state index contributed by atoms with van der Waals surface area (Å²) in [6.07, 6.45) is 3.64. The molecule has 0 amide bonds. The zero-order valence-electron chi connectivity index (χ0n) is 13.2. The van der Waals surface area contributed by atoms with E-state index < -0.39 is 0 Å². The molecular weight excluding hydrogens is 280 g/mol. The molecule has 0 radical (unpaired) electrons. The van der Waals surface area contributed by atoms with E-state index in [-0.39, 0.29) is 18.1 Å². The number of hydroxylamine groups is 1. The summed E-state index contributed by atoms with van der Waals surface area (Å²) in [5, 5.41) is 3.23. The first kappa shape index (κ1) is 16.9. The summed E-state index contributed by atoms with van der Waals surface area (Å²) in [7, 11) is 0. The van der Waals surface area contributed by atoms with Gasteiger partial charge in [0.2, 0.25) is 0 Å². The summed E-state index contributed by atoms with van der Waals surface area (Å²) >= 11 is 0. The summed E-state index contributed by atoms with van der Waals surface area (Å²) in [6.45, 7) is 3.86. The van der Waals surface area contributed by atoms with Crippen molar-refractivity contribution < 1.29 is 14.4 Å². The van der Waals surface area contributed by atoms with Crippen molar-refractivity contribution in [3.05, 3.63) is 35.9 Å². The number of rotatable bonds is 8. The largest absolute Gasteiger partial charge is 0.465 e. The van der Waals surface area contributed by atoms with Crippen molar-refractivity contribution in [2.75, 3.05) is 13.2 Å². The van der Waals surface area contributed by atoms with E-state index in [9.17, 15) is 4.79 Å². The molecule has 0 unspecified atom stereocenters. The Morgan fingerprint density at radius 3 is 2.82 bits per heavy atom. The number of ether oxygens (including phenoxy) is 1. The zero-order chi connectivity index (χ0) is 15.6. The molecule has 1 aliphatic rings. The Kier molecular flexibility index (Phi) is 7.36. The average molecular weight is 306 g/mol. The fraction of sp³-hybridized carbons (Fsp3) is 0.588. The first-order valence-electron chi connectivity index (χ1n) is 8.11. The predicted molar refractivity (Wildman–Crippen MR) is 85.0 cm³/mol. The second-order valence-corrected chi connectivity index (χ2v) is 5.65. The molecule has 1 heterocycles. The molecule has 5 heteroatoms. The number of carbonyl (C=O) groups excluding carboxylic acids is 1. The number of nitrogens with one attached hydrogen (secondary N) is 2. The number of piperidine rings is 1.